The summed E-state index contributed by atoms with van der Waals surface area (Å²) in [5.74, 6) is 2.07. The molecule has 21 heavy (non-hydrogen) atoms. The molecular formula is C18H38N2S. The van der Waals surface area contributed by atoms with Crippen LogP contribution in [0, 0.1) is 11.3 Å². The number of nitrogens with two attached hydrogens (primary N) is 1. The molecule has 1 saturated carbocycles. The van der Waals surface area contributed by atoms with Crippen molar-refractivity contribution in [3.63, 3.8) is 0 Å². The zero-order valence-electron chi connectivity index (χ0n) is 15.2. The van der Waals surface area contributed by atoms with Gasteiger partial charge in [-0.15, -0.1) is 0 Å². The van der Waals surface area contributed by atoms with Crippen LogP contribution in [-0.2, 0) is 0 Å². The maximum atomic E-state index is 6.30. The van der Waals surface area contributed by atoms with Crippen molar-refractivity contribution in [1.29, 1.82) is 0 Å². The summed E-state index contributed by atoms with van der Waals surface area (Å²) in [7, 11) is 2.33. The molecule has 126 valence electrons. The van der Waals surface area contributed by atoms with Crippen LogP contribution in [0.2, 0.25) is 0 Å². The van der Waals surface area contributed by atoms with E-state index in [2.05, 4.69) is 45.9 Å². The molecule has 0 radical (unpaired) electrons. The number of nitrogens with zero attached hydrogens (tertiary/aromatic N) is 1. The Labute approximate surface area is 137 Å². The van der Waals surface area contributed by atoms with E-state index in [0.29, 0.717) is 11.5 Å². The Kier molecular flexibility index (Phi) is 7.56. The standard InChI is InChI=1S/C18H38N2S/c1-7-16(13-21-6)20(5)18(14-19)11-8-9-15(10-12-18)17(2,3)4/h15-16H,7-14,19H2,1-6H3. The highest BCUT2D eigenvalue weighted by atomic mass is 32.2. The second kappa shape index (κ2) is 8.21. The summed E-state index contributed by atoms with van der Waals surface area (Å²) >= 11 is 1.96. The molecule has 0 saturated heterocycles. The van der Waals surface area contributed by atoms with Crippen molar-refractivity contribution >= 4 is 11.8 Å². The minimum atomic E-state index is 0.233. The number of hydrogen-bond donors (Lipinski definition) is 1. The van der Waals surface area contributed by atoms with E-state index in [-0.39, 0.29) is 5.54 Å². The number of hydrogen-bond acceptors (Lipinski definition) is 3. The minimum absolute atomic E-state index is 0.233. The Hall–Kier alpha value is 0.270. The lowest BCUT2D eigenvalue weighted by Crippen LogP contribution is -2.56. The fourth-order valence-corrected chi connectivity index (χ4v) is 4.88. The minimum Gasteiger partial charge on any atom is -0.329 e. The predicted molar refractivity (Wildman–Crippen MR) is 98.0 cm³/mol. The van der Waals surface area contributed by atoms with Crippen LogP contribution in [0.1, 0.15) is 66.2 Å². The van der Waals surface area contributed by atoms with E-state index in [1.807, 2.05) is 11.8 Å². The van der Waals surface area contributed by atoms with Crippen LogP contribution in [0.5, 0.6) is 0 Å². The first kappa shape index (κ1) is 19.3. The summed E-state index contributed by atoms with van der Waals surface area (Å²) in [6.07, 6.45) is 10.0. The Bertz CT molecular complexity index is 300. The molecule has 1 aliphatic carbocycles. The van der Waals surface area contributed by atoms with Crippen molar-refractivity contribution in [3.8, 4) is 0 Å². The van der Waals surface area contributed by atoms with Crippen molar-refractivity contribution in [2.75, 3.05) is 25.6 Å². The summed E-state index contributed by atoms with van der Waals surface area (Å²) in [4.78, 5) is 2.65. The van der Waals surface area contributed by atoms with Gasteiger partial charge in [-0.3, -0.25) is 4.90 Å². The molecule has 0 spiro atoms. The summed E-state index contributed by atoms with van der Waals surface area (Å²) in [6, 6.07) is 0.662. The third kappa shape index (κ3) is 4.87. The molecule has 1 fully saturated rings. The third-order valence-electron chi connectivity index (χ3n) is 5.88. The zero-order valence-corrected chi connectivity index (χ0v) is 16.1. The van der Waals surface area contributed by atoms with Gasteiger partial charge in [-0.25, -0.2) is 0 Å². The van der Waals surface area contributed by atoms with Crippen molar-refractivity contribution in [2.45, 2.75) is 77.8 Å². The maximum Gasteiger partial charge on any atom is 0.0332 e. The van der Waals surface area contributed by atoms with Crippen LogP contribution in [0.25, 0.3) is 0 Å². The first-order valence-corrected chi connectivity index (χ1v) is 10.1. The topological polar surface area (TPSA) is 29.3 Å². The lowest BCUT2D eigenvalue weighted by Gasteiger charge is -2.45. The van der Waals surface area contributed by atoms with Gasteiger partial charge in [0.1, 0.15) is 0 Å². The average molecular weight is 315 g/mol. The third-order valence-corrected chi connectivity index (χ3v) is 6.60. The van der Waals surface area contributed by atoms with Gasteiger partial charge in [0.2, 0.25) is 0 Å². The van der Waals surface area contributed by atoms with Crippen LogP contribution >= 0.6 is 11.8 Å². The monoisotopic (exact) mass is 314 g/mol. The molecule has 2 nitrogen and oxygen atoms in total. The maximum absolute atomic E-state index is 6.30. The molecule has 0 aromatic heterocycles. The van der Waals surface area contributed by atoms with Crippen molar-refractivity contribution in [2.24, 2.45) is 17.1 Å². The lowest BCUT2D eigenvalue weighted by atomic mass is 9.76. The Morgan fingerprint density at radius 1 is 1.29 bits per heavy atom. The van der Waals surface area contributed by atoms with Crippen molar-refractivity contribution in [1.82, 2.24) is 4.90 Å². The predicted octanol–water partition coefficient (Wildman–Crippen LogP) is 4.38. The molecule has 0 amide bonds. The smallest absolute Gasteiger partial charge is 0.0332 e. The number of likely N-dealkylation sites (N-methyl/N-ethyl adjacent to an activating group) is 1. The van der Waals surface area contributed by atoms with Crippen molar-refractivity contribution in [3.05, 3.63) is 0 Å². The highest BCUT2D eigenvalue weighted by Gasteiger charge is 2.39. The van der Waals surface area contributed by atoms with Crippen molar-refractivity contribution < 1.29 is 0 Å². The second-order valence-corrected chi connectivity index (χ2v) is 8.96. The van der Waals surface area contributed by atoms with Gasteiger partial charge in [0, 0.05) is 23.9 Å². The second-order valence-electron chi connectivity index (χ2n) is 8.05. The van der Waals surface area contributed by atoms with E-state index in [9.17, 15) is 0 Å². The zero-order chi connectivity index (χ0) is 16.1. The van der Waals surface area contributed by atoms with E-state index in [1.54, 1.807) is 0 Å². The molecule has 0 aromatic rings. The van der Waals surface area contributed by atoms with E-state index in [1.165, 1.54) is 44.3 Å². The molecule has 0 aliphatic heterocycles. The molecular weight excluding hydrogens is 276 g/mol. The first-order valence-electron chi connectivity index (χ1n) is 8.72. The lowest BCUT2D eigenvalue weighted by molar-refractivity contribution is 0.0666. The fourth-order valence-electron chi connectivity index (χ4n) is 4.04. The molecule has 3 unspecified atom stereocenters. The Morgan fingerprint density at radius 3 is 2.43 bits per heavy atom. The molecule has 0 heterocycles. The van der Waals surface area contributed by atoms with Gasteiger partial charge in [-0.2, -0.15) is 11.8 Å². The number of rotatable bonds is 6. The van der Waals surface area contributed by atoms with Crippen LogP contribution in [-0.4, -0.2) is 42.1 Å². The molecule has 0 aromatic carbocycles. The first-order chi connectivity index (χ1) is 9.80. The van der Waals surface area contributed by atoms with E-state index in [4.69, 9.17) is 5.73 Å². The molecule has 3 heteroatoms. The van der Waals surface area contributed by atoms with Crippen LogP contribution in [0.15, 0.2) is 0 Å². The highest BCUT2D eigenvalue weighted by Crippen LogP contribution is 2.41. The van der Waals surface area contributed by atoms with E-state index < -0.39 is 0 Å². The molecule has 1 aliphatic rings. The molecule has 0 bridgehead atoms. The van der Waals surface area contributed by atoms with Crippen LogP contribution < -0.4 is 5.73 Å². The van der Waals surface area contributed by atoms with Gasteiger partial charge < -0.3 is 5.73 Å². The van der Waals surface area contributed by atoms with Gasteiger partial charge in [0.05, 0.1) is 0 Å². The largest absolute Gasteiger partial charge is 0.329 e. The van der Waals surface area contributed by atoms with Crippen LogP contribution in [0.4, 0.5) is 0 Å². The highest BCUT2D eigenvalue weighted by molar-refractivity contribution is 7.98. The quantitative estimate of drug-likeness (QED) is 0.738. The fraction of sp³-hybridized carbons (Fsp3) is 1.00. The Balaban J connectivity index is 2.84. The van der Waals surface area contributed by atoms with E-state index in [0.717, 1.165) is 12.5 Å². The molecule has 3 atom stereocenters. The molecule has 1 rings (SSSR count). The normalized spacial score (nSPS) is 29.4. The SMILES string of the molecule is CCC(CSC)N(C)C1(CN)CCCC(C(C)(C)C)CC1. The van der Waals surface area contributed by atoms with Gasteiger partial charge in [0.15, 0.2) is 0 Å². The van der Waals surface area contributed by atoms with Gasteiger partial charge in [-0.1, -0.05) is 34.1 Å². The summed E-state index contributed by atoms with van der Waals surface area (Å²) in [6.45, 7) is 10.3. The summed E-state index contributed by atoms with van der Waals surface area (Å²) < 4.78 is 0. The average Bonchev–Trinajstić information content (AvgIpc) is 2.67. The van der Waals surface area contributed by atoms with Gasteiger partial charge in [0.25, 0.3) is 0 Å². The van der Waals surface area contributed by atoms with Gasteiger partial charge in [-0.05, 0) is 56.7 Å². The van der Waals surface area contributed by atoms with Crippen LogP contribution in [0.3, 0.4) is 0 Å². The molecule has 2 N–H and O–H groups in total. The van der Waals surface area contributed by atoms with E-state index >= 15 is 0 Å². The summed E-state index contributed by atoms with van der Waals surface area (Å²) in [5.41, 5.74) is 6.97. The Morgan fingerprint density at radius 2 is 1.95 bits per heavy atom. The van der Waals surface area contributed by atoms with Gasteiger partial charge >= 0.3 is 0 Å². The number of thioether (sulfide) groups is 1. The summed E-state index contributed by atoms with van der Waals surface area (Å²) in [5, 5.41) is 0.